The zero-order valence-electron chi connectivity index (χ0n) is 11.1. The van der Waals surface area contributed by atoms with Gasteiger partial charge in [0, 0.05) is 11.7 Å². The fraction of sp³-hybridized carbons (Fsp3) is 0.429. The van der Waals surface area contributed by atoms with Gasteiger partial charge in [0.2, 0.25) is 0 Å². The zero-order chi connectivity index (χ0) is 14.5. The molecular weight excluding hydrogens is 260 g/mol. The third kappa shape index (κ3) is 3.27. The van der Waals surface area contributed by atoms with Crippen LogP contribution in [0.1, 0.15) is 29.6 Å². The van der Waals surface area contributed by atoms with Crippen molar-refractivity contribution < 1.29 is 19.8 Å². The van der Waals surface area contributed by atoms with Crippen molar-refractivity contribution in [2.75, 3.05) is 18.1 Å². The number of carbonyl (C=O) groups excluding carboxylic acids is 1. The molecule has 0 saturated heterocycles. The Labute approximate surface area is 117 Å². The maximum atomic E-state index is 12.1. The number of hydrogen-bond donors (Lipinski definition) is 3. The van der Waals surface area contributed by atoms with Gasteiger partial charge in [0.1, 0.15) is 0 Å². The molecule has 6 nitrogen and oxygen atoms in total. The van der Waals surface area contributed by atoms with E-state index in [4.69, 9.17) is 10.2 Å². The van der Waals surface area contributed by atoms with E-state index >= 15 is 0 Å². The highest BCUT2D eigenvalue weighted by molar-refractivity contribution is 5.93. The number of amides is 2. The minimum absolute atomic E-state index is 0.154. The Hall–Kier alpha value is -2.08. The van der Waals surface area contributed by atoms with Crippen molar-refractivity contribution in [2.24, 2.45) is 0 Å². The van der Waals surface area contributed by atoms with Crippen molar-refractivity contribution >= 4 is 17.7 Å². The normalized spacial score (nSPS) is 14.4. The number of nitrogens with one attached hydrogen (secondary N) is 1. The molecule has 20 heavy (non-hydrogen) atoms. The second-order valence-corrected chi connectivity index (χ2v) is 4.80. The molecule has 0 radical (unpaired) electrons. The van der Waals surface area contributed by atoms with Crippen LogP contribution in [-0.2, 0) is 0 Å². The van der Waals surface area contributed by atoms with Crippen LogP contribution in [0.4, 0.5) is 10.5 Å². The van der Waals surface area contributed by atoms with Crippen LogP contribution < -0.4 is 10.2 Å². The Morgan fingerprint density at radius 1 is 1.25 bits per heavy atom. The molecule has 0 aromatic heterocycles. The van der Waals surface area contributed by atoms with Crippen LogP contribution in [0.3, 0.4) is 0 Å². The van der Waals surface area contributed by atoms with Crippen molar-refractivity contribution in [3.05, 3.63) is 29.8 Å². The first-order valence-corrected chi connectivity index (χ1v) is 6.64. The predicted octanol–water partition coefficient (Wildman–Crippen LogP) is 1.45. The van der Waals surface area contributed by atoms with E-state index < -0.39 is 5.97 Å². The zero-order valence-corrected chi connectivity index (χ0v) is 11.1. The summed E-state index contributed by atoms with van der Waals surface area (Å²) in [6.45, 7) is 0.0176. The van der Waals surface area contributed by atoms with Gasteiger partial charge in [-0.25, -0.2) is 9.59 Å². The number of aromatic carboxylic acids is 1. The van der Waals surface area contributed by atoms with E-state index in [1.165, 1.54) is 17.0 Å². The molecule has 0 spiro atoms. The molecule has 1 aliphatic rings. The summed E-state index contributed by atoms with van der Waals surface area (Å²) < 4.78 is 0. The molecule has 1 aliphatic carbocycles. The maximum absolute atomic E-state index is 12.1. The summed E-state index contributed by atoms with van der Waals surface area (Å²) >= 11 is 0. The molecule has 1 fully saturated rings. The number of nitrogens with zero attached hydrogens (tertiary/aromatic N) is 1. The standard InChI is InChI=1S/C14H18N2O4/c17-9-8-16(14(20)15-11-2-1-3-11)12-6-4-10(5-7-12)13(18)19/h4-7,11,17H,1-3,8-9H2,(H,15,20)(H,18,19). The van der Waals surface area contributed by atoms with Gasteiger partial charge in [0.15, 0.2) is 0 Å². The van der Waals surface area contributed by atoms with Crippen LogP contribution in [0.2, 0.25) is 0 Å². The highest BCUT2D eigenvalue weighted by Crippen LogP contribution is 2.20. The van der Waals surface area contributed by atoms with Crippen LogP contribution in [0.25, 0.3) is 0 Å². The number of rotatable bonds is 5. The molecule has 0 heterocycles. The lowest BCUT2D eigenvalue weighted by Crippen LogP contribution is -2.48. The van der Waals surface area contributed by atoms with Crippen LogP contribution in [0, 0.1) is 0 Å². The Balaban J connectivity index is 2.09. The number of carbonyl (C=O) groups is 2. The molecular formula is C14H18N2O4. The van der Waals surface area contributed by atoms with E-state index in [1.54, 1.807) is 12.1 Å². The van der Waals surface area contributed by atoms with Gasteiger partial charge in [-0.1, -0.05) is 0 Å². The number of aliphatic hydroxyl groups is 1. The van der Waals surface area contributed by atoms with Crippen LogP contribution in [0.5, 0.6) is 0 Å². The Bertz CT molecular complexity index is 482. The van der Waals surface area contributed by atoms with Gasteiger partial charge >= 0.3 is 12.0 Å². The quantitative estimate of drug-likeness (QED) is 0.760. The Kier molecular flexibility index (Phi) is 4.57. The van der Waals surface area contributed by atoms with E-state index in [1.807, 2.05) is 0 Å². The number of benzene rings is 1. The van der Waals surface area contributed by atoms with Crippen molar-refractivity contribution in [1.82, 2.24) is 5.32 Å². The smallest absolute Gasteiger partial charge is 0.335 e. The van der Waals surface area contributed by atoms with Gasteiger partial charge in [-0.15, -0.1) is 0 Å². The highest BCUT2D eigenvalue weighted by Gasteiger charge is 2.23. The third-order valence-electron chi connectivity index (χ3n) is 3.43. The summed E-state index contributed by atoms with van der Waals surface area (Å²) in [6.07, 6.45) is 3.09. The molecule has 0 atom stereocenters. The Morgan fingerprint density at radius 3 is 2.35 bits per heavy atom. The number of aliphatic hydroxyl groups excluding tert-OH is 1. The summed E-state index contributed by atoms with van der Waals surface area (Å²) in [7, 11) is 0. The minimum atomic E-state index is -1.01. The topological polar surface area (TPSA) is 89.9 Å². The van der Waals surface area contributed by atoms with Gasteiger partial charge in [-0.3, -0.25) is 4.90 Å². The lowest BCUT2D eigenvalue weighted by Gasteiger charge is -2.30. The summed E-state index contributed by atoms with van der Waals surface area (Å²) in [5.41, 5.74) is 0.734. The molecule has 2 amide bonds. The molecule has 0 bridgehead atoms. The largest absolute Gasteiger partial charge is 0.478 e. The van der Waals surface area contributed by atoms with Crippen molar-refractivity contribution in [3.63, 3.8) is 0 Å². The van der Waals surface area contributed by atoms with Crippen LogP contribution in [-0.4, -0.2) is 41.4 Å². The molecule has 108 valence electrons. The van der Waals surface area contributed by atoms with E-state index in [0.717, 1.165) is 19.3 Å². The minimum Gasteiger partial charge on any atom is -0.478 e. The molecule has 1 saturated carbocycles. The molecule has 3 N–H and O–H groups in total. The number of carboxylic acid groups (broad SMARTS) is 1. The van der Waals surface area contributed by atoms with Gasteiger partial charge < -0.3 is 15.5 Å². The molecule has 0 unspecified atom stereocenters. The maximum Gasteiger partial charge on any atom is 0.335 e. The van der Waals surface area contributed by atoms with Crippen molar-refractivity contribution in [3.8, 4) is 0 Å². The average molecular weight is 278 g/mol. The number of hydrogen-bond acceptors (Lipinski definition) is 3. The predicted molar refractivity (Wildman–Crippen MR) is 74.0 cm³/mol. The number of carboxylic acids is 1. The second-order valence-electron chi connectivity index (χ2n) is 4.80. The fourth-order valence-corrected chi connectivity index (χ4v) is 2.04. The third-order valence-corrected chi connectivity index (χ3v) is 3.43. The van der Waals surface area contributed by atoms with Crippen LogP contribution in [0.15, 0.2) is 24.3 Å². The van der Waals surface area contributed by atoms with E-state index in [0.29, 0.717) is 5.69 Å². The highest BCUT2D eigenvalue weighted by atomic mass is 16.4. The van der Waals surface area contributed by atoms with Gasteiger partial charge in [-0.2, -0.15) is 0 Å². The number of urea groups is 1. The van der Waals surface area contributed by atoms with Gasteiger partial charge in [0.05, 0.1) is 18.7 Å². The molecule has 1 aromatic rings. The second kappa shape index (κ2) is 6.38. The summed E-state index contributed by atoms with van der Waals surface area (Å²) in [6, 6.07) is 5.98. The SMILES string of the molecule is O=C(O)c1ccc(N(CCO)C(=O)NC2CCC2)cc1. The first kappa shape index (κ1) is 14.3. The Morgan fingerprint density at radius 2 is 1.90 bits per heavy atom. The van der Waals surface area contributed by atoms with Crippen molar-refractivity contribution in [2.45, 2.75) is 25.3 Å². The summed E-state index contributed by atoms with van der Waals surface area (Å²) in [5, 5.41) is 20.8. The van der Waals surface area contributed by atoms with E-state index in [2.05, 4.69) is 5.32 Å². The fourth-order valence-electron chi connectivity index (χ4n) is 2.04. The van der Waals surface area contributed by atoms with Gasteiger partial charge in [-0.05, 0) is 43.5 Å². The first-order valence-electron chi connectivity index (χ1n) is 6.64. The van der Waals surface area contributed by atoms with E-state index in [9.17, 15) is 9.59 Å². The lowest BCUT2D eigenvalue weighted by atomic mass is 9.93. The summed E-state index contributed by atoms with van der Waals surface area (Å²) in [4.78, 5) is 24.4. The van der Waals surface area contributed by atoms with Crippen molar-refractivity contribution in [1.29, 1.82) is 0 Å². The van der Waals surface area contributed by atoms with Crippen LogP contribution >= 0.6 is 0 Å². The monoisotopic (exact) mass is 278 g/mol. The van der Waals surface area contributed by atoms with E-state index in [-0.39, 0.29) is 30.8 Å². The molecule has 0 aliphatic heterocycles. The number of anilines is 1. The summed E-state index contributed by atoms with van der Waals surface area (Å²) in [5.74, 6) is -1.01. The molecule has 2 rings (SSSR count). The first-order chi connectivity index (χ1) is 9.61. The molecule has 1 aromatic carbocycles. The average Bonchev–Trinajstić information content (AvgIpc) is 2.40. The van der Waals surface area contributed by atoms with Gasteiger partial charge in [0.25, 0.3) is 0 Å². The lowest BCUT2D eigenvalue weighted by molar-refractivity contribution is 0.0697. The molecule has 6 heteroatoms.